The first-order valence-electron chi connectivity index (χ1n) is 9.11. The molecule has 2 aromatic carbocycles. The Morgan fingerprint density at radius 3 is 2.76 bits per heavy atom. The van der Waals surface area contributed by atoms with E-state index in [-0.39, 0.29) is 46.8 Å². The van der Waals surface area contributed by atoms with E-state index in [2.05, 4.69) is 15.9 Å². The normalized spacial score (nSPS) is 19.9. The minimum Gasteiger partial charge on any atom is -0.507 e. The number of aliphatic hydroxyl groups is 1. The molecule has 29 heavy (non-hydrogen) atoms. The SMILES string of the molecule is CN1CC[C@@H](c2c(O)cc(O)c3c(=O)cc(-c4cccc(Br)c4Cl)oc23)[C@@H]1CO. The number of halogens is 2. The second kappa shape index (κ2) is 7.65. The van der Waals surface area contributed by atoms with Crippen LogP contribution < -0.4 is 5.43 Å². The third kappa shape index (κ3) is 3.32. The lowest BCUT2D eigenvalue weighted by Gasteiger charge is -2.24. The van der Waals surface area contributed by atoms with Gasteiger partial charge in [0.1, 0.15) is 28.2 Å². The van der Waals surface area contributed by atoms with Gasteiger partial charge in [0.15, 0.2) is 5.43 Å². The quantitative estimate of drug-likeness (QED) is 0.523. The van der Waals surface area contributed by atoms with Crippen LogP contribution in [0.1, 0.15) is 17.9 Å². The van der Waals surface area contributed by atoms with E-state index in [0.717, 1.165) is 12.6 Å². The van der Waals surface area contributed by atoms with E-state index in [4.69, 9.17) is 16.0 Å². The maximum absolute atomic E-state index is 12.9. The number of benzene rings is 2. The van der Waals surface area contributed by atoms with Crippen molar-refractivity contribution in [2.45, 2.75) is 18.4 Å². The van der Waals surface area contributed by atoms with Crippen LogP contribution in [0.2, 0.25) is 5.02 Å². The Morgan fingerprint density at radius 2 is 2.03 bits per heavy atom. The Labute approximate surface area is 180 Å². The van der Waals surface area contributed by atoms with Gasteiger partial charge in [-0.15, -0.1) is 0 Å². The Balaban J connectivity index is 2.03. The van der Waals surface area contributed by atoms with Gasteiger partial charge in [-0.1, -0.05) is 17.7 Å². The van der Waals surface area contributed by atoms with Gasteiger partial charge in [0.25, 0.3) is 0 Å². The van der Waals surface area contributed by atoms with Crippen molar-refractivity contribution in [3.8, 4) is 22.8 Å². The molecule has 3 N–H and O–H groups in total. The van der Waals surface area contributed by atoms with E-state index in [9.17, 15) is 20.1 Å². The third-order valence-corrected chi connectivity index (χ3v) is 6.89. The molecule has 1 aliphatic rings. The smallest absolute Gasteiger partial charge is 0.197 e. The number of likely N-dealkylation sites (N-methyl/N-ethyl adjacent to an activating group) is 1. The van der Waals surface area contributed by atoms with E-state index in [1.165, 1.54) is 6.07 Å². The van der Waals surface area contributed by atoms with Gasteiger partial charge in [0.2, 0.25) is 0 Å². The first-order valence-corrected chi connectivity index (χ1v) is 10.3. The lowest BCUT2D eigenvalue weighted by Crippen LogP contribution is -2.32. The fourth-order valence-electron chi connectivity index (χ4n) is 4.12. The zero-order valence-corrected chi connectivity index (χ0v) is 17.9. The van der Waals surface area contributed by atoms with Crippen molar-refractivity contribution >= 4 is 38.5 Å². The van der Waals surface area contributed by atoms with E-state index in [1.54, 1.807) is 18.2 Å². The molecule has 1 aromatic heterocycles. The lowest BCUT2D eigenvalue weighted by molar-refractivity contribution is 0.172. The number of nitrogens with zero attached hydrogens (tertiary/aromatic N) is 1. The van der Waals surface area contributed by atoms with Crippen molar-refractivity contribution in [2.75, 3.05) is 20.2 Å². The van der Waals surface area contributed by atoms with Crippen molar-refractivity contribution < 1.29 is 19.7 Å². The summed E-state index contributed by atoms with van der Waals surface area (Å²) in [6.07, 6.45) is 0.667. The van der Waals surface area contributed by atoms with Crippen molar-refractivity contribution in [3.63, 3.8) is 0 Å². The highest BCUT2D eigenvalue weighted by atomic mass is 79.9. The summed E-state index contributed by atoms with van der Waals surface area (Å²) < 4.78 is 6.72. The maximum Gasteiger partial charge on any atom is 0.197 e. The molecule has 6 nitrogen and oxygen atoms in total. The molecule has 8 heteroatoms. The van der Waals surface area contributed by atoms with Crippen LogP contribution in [0.15, 0.2) is 44.0 Å². The van der Waals surface area contributed by atoms with Crippen LogP contribution in [0.4, 0.5) is 0 Å². The highest BCUT2D eigenvalue weighted by Crippen LogP contribution is 2.44. The molecule has 2 atom stereocenters. The Kier molecular flexibility index (Phi) is 5.33. The first-order chi connectivity index (χ1) is 13.8. The Morgan fingerprint density at radius 1 is 1.28 bits per heavy atom. The van der Waals surface area contributed by atoms with E-state index in [1.807, 2.05) is 11.9 Å². The van der Waals surface area contributed by atoms with Crippen LogP contribution in [-0.2, 0) is 0 Å². The van der Waals surface area contributed by atoms with Gasteiger partial charge in [0, 0.05) is 39.7 Å². The van der Waals surface area contributed by atoms with Crippen molar-refractivity contribution in [1.82, 2.24) is 4.90 Å². The van der Waals surface area contributed by atoms with Gasteiger partial charge in [0.05, 0.1) is 11.6 Å². The predicted octanol–water partition coefficient (Wildman–Crippen LogP) is 4.07. The second-order valence-electron chi connectivity index (χ2n) is 7.23. The topological polar surface area (TPSA) is 94.1 Å². The fraction of sp³-hybridized carbons (Fsp3) is 0.286. The molecular weight excluding hydrogens is 462 g/mol. The molecule has 0 aliphatic carbocycles. The van der Waals surface area contributed by atoms with Crippen molar-refractivity contribution in [3.05, 3.63) is 55.6 Å². The summed E-state index contributed by atoms with van der Waals surface area (Å²) in [6.45, 7) is 0.615. The molecule has 2 heterocycles. The molecule has 152 valence electrons. The average molecular weight is 481 g/mol. The number of hydrogen-bond acceptors (Lipinski definition) is 6. The summed E-state index contributed by atoms with van der Waals surface area (Å²) in [6, 6.07) is 7.46. The van der Waals surface area contributed by atoms with Crippen LogP contribution in [-0.4, -0.2) is 46.5 Å². The Hall–Kier alpha value is -2.06. The van der Waals surface area contributed by atoms with Crippen LogP contribution in [0.25, 0.3) is 22.3 Å². The molecule has 3 aromatic rings. The van der Waals surface area contributed by atoms with Gasteiger partial charge in [-0.3, -0.25) is 4.79 Å². The molecular formula is C21H19BrClNO5. The summed E-state index contributed by atoms with van der Waals surface area (Å²) in [4.78, 5) is 14.9. The summed E-state index contributed by atoms with van der Waals surface area (Å²) in [5, 5.41) is 31.2. The number of phenols is 2. The molecule has 0 amide bonds. The molecule has 0 bridgehead atoms. The second-order valence-corrected chi connectivity index (χ2v) is 8.47. The average Bonchev–Trinajstić information content (AvgIpc) is 3.03. The third-order valence-electron chi connectivity index (χ3n) is 5.60. The molecule has 0 saturated carbocycles. The predicted molar refractivity (Wildman–Crippen MR) is 115 cm³/mol. The number of likely N-dealkylation sites (tertiary alicyclic amines) is 1. The number of phenolic OH excluding ortho intramolecular Hbond substituents is 2. The van der Waals surface area contributed by atoms with Crippen LogP contribution in [0, 0.1) is 0 Å². The highest BCUT2D eigenvalue weighted by Gasteiger charge is 2.36. The number of rotatable bonds is 3. The minimum absolute atomic E-state index is 0.00101. The first kappa shape index (κ1) is 20.2. The van der Waals surface area contributed by atoms with Crippen LogP contribution in [0.3, 0.4) is 0 Å². The summed E-state index contributed by atoms with van der Waals surface area (Å²) in [5.74, 6) is -0.556. The van der Waals surface area contributed by atoms with Gasteiger partial charge >= 0.3 is 0 Å². The van der Waals surface area contributed by atoms with E-state index in [0.29, 0.717) is 27.0 Å². The largest absolute Gasteiger partial charge is 0.507 e. The van der Waals surface area contributed by atoms with Crippen LogP contribution in [0.5, 0.6) is 11.5 Å². The minimum atomic E-state index is -0.442. The molecule has 1 fully saturated rings. The van der Waals surface area contributed by atoms with Crippen molar-refractivity contribution in [1.29, 1.82) is 0 Å². The lowest BCUT2D eigenvalue weighted by atomic mass is 9.89. The van der Waals surface area contributed by atoms with E-state index >= 15 is 0 Å². The summed E-state index contributed by atoms with van der Waals surface area (Å²) in [7, 11) is 1.89. The standard InChI is InChI=1S/C21H19BrClNO5/c1-24-6-5-10(13(24)9-25)18-14(26)7-15(27)19-16(28)8-17(29-21(18)19)11-3-2-4-12(22)20(11)23/h2-4,7-8,10,13,25-27H,5-6,9H2,1H3/t10-,13+/m1/s1. The van der Waals surface area contributed by atoms with Gasteiger partial charge in [-0.2, -0.15) is 0 Å². The van der Waals surface area contributed by atoms with Gasteiger partial charge in [-0.25, -0.2) is 0 Å². The zero-order valence-electron chi connectivity index (χ0n) is 15.5. The zero-order chi connectivity index (χ0) is 20.9. The summed E-state index contributed by atoms with van der Waals surface area (Å²) >= 11 is 9.74. The van der Waals surface area contributed by atoms with Gasteiger partial charge in [-0.05, 0) is 48.1 Å². The highest BCUT2D eigenvalue weighted by molar-refractivity contribution is 9.10. The number of hydrogen-bond donors (Lipinski definition) is 3. The number of aromatic hydroxyl groups is 2. The number of fused-ring (bicyclic) bond motifs is 1. The molecule has 4 rings (SSSR count). The molecule has 0 spiro atoms. The van der Waals surface area contributed by atoms with E-state index < -0.39 is 5.43 Å². The van der Waals surface area contributed by atoms with Gasteiger partial charge < -0.3 is 24.6 Å². The summed E-state index contributed by atoms with van der Waals surface area (Å²) in [5.41, 5.74) is 0.588. The molecule has 0 radical (unpaired) electrons. The Bertz CT molecular complexity index is 1160. The monoisotopic (exact) mass is 479 g/mol. The number of aliphatic hydroxyl groups excluding tert-OH is 1. The molecule has 1 saturated heterocycles. The maximum atomic E-state index is 12.9. The molecule has 1 aliphatic heterocycles. The van der Waals surface area contributed by atoms with Crippen molar-refractivity contribution in [2.24, 2.45) is 0 Å². The molecule has 0 unspecified atom stereocenters. The van der Waals surface area contributed by atoms with Crippen LogP contribution >= 0.6 is 27.5 Å². The fourth-order valence-corrected chi connectivity index (χ4v) is 4.70.